The van der Waals surface area contributed by atoms with E-state index in [1.165, 1.54) is 45.2 Å². The van der Waals surface area contributed by atoms with Gasteiger partial charge in [0.2, 0.25) is 0 Å². The summed E-state index contributed by atoms with van der Waals surface area (Å²) in [5.41, 5.74) is 6.00. The number of nitrogens with two attached hydrogens (primary N) is 1. The molecule has 0 amide bonds. The summed E-state index contributed by atoms with van der Waals surface area (Å²) in [5.74, 6) is 2.66. The van der Waals surface area contributed by atoms with Crippen LogP contribution in [0.4, 0.5) is 0 Å². The highest BCUT2D eigenvalue weighted by molar-refractivity contribution is 5.78. The Labute approximate surface area is 85.4 Å². The van der Waals surface area contributed by atoms with Crippen LogP contribution >= 0.6 is 0 Å². The normalized spacial score (nSPS) is 37.7. The minimum Gasteiger partial charge on any atom is -0.370 e. The molecule has 78 valence electrons. The second-order valence-electron chi connectivity index (χ2n) is 5.07. The highest BCUT2D eigenvalue weighted by Gasteiger charge is 2.37. The van der Waals surface area contributed by atoms with Crippen LogP contribution in [0.15, 0.2) is 4.99 Å². The number of nitrogens with zero attached hydrogens (tertiary/aromatic N) is 2. The fourth-order valence-electron chi connectivity index (χ4n) is 2.89. The lowest BCUT2D eigenvalue weighted by molar-refractivity contribution is 0.457. The van der Waals surface area contributed by atoms with Gasteiger partial charge in [0, 0.05) is 13.1 Å². The first-order valence-electron chi connectivity index (χ1n) is 5.91. The molecule has 1 aliphatic heterocycles. The monoisotopic (exact) mass is 193 g/mol. The lowest BCUT2D eigenvalue weighted by Gasteiger charge is -2.17. The van der Waals surface area contributed by atoms with Gasteiger partial charge in [-0.25, -0.2) is 4.99 Å². The second kappa shape index (κ2) is 3.14. The molecule has 3 aliphatic rings. The zero-order chi connectivity index (χ0) is 9.54. The van der Waals surface area contributed by atoms with Gasteiger partial charge in [-0.3, -0.25) is 0 Å². The minimum absolute atomic E-state index is 0.565. The Balaban J connectivity index is 1.64. The molecule has 3 fully saturated rings. The van der Waals surface area contributed by atoms with Crippen molar-refractivity contribution in [3.05, 3.63) is 0 Å². The molecule has 2 N–H and O–H groups in total. The van der Waals surface area contributed by atoms with Crippen molar-refractivity contribution in [2.75, 3.05) is 13.1 Å². The molecule has 2 saturated carbocycles. The van der Waals surface area contributed by atoms with Crippen LogP contribution < -0.4 is 5.73 Å². The molecule has 2 atom stereocenters. The van der Waals surface area contributed by atoms with Gasteiger partial charge in [0.25, 0.3) is 0 Å². The molecular weight excluding hydrogens is 174 g/mol. The zero-order valence-corrected chi connectivity index (χ0v) is 8.65. The largest absolute Gasteiger partial charge is 0.370 e. The van der Waals surface area contributed by atoms with Crippen molar-refractivity contribution in [2.45, 2.75) is 38.1 Å². The molecule has 1 heterocycles. The van der Waals surface area contributed by atoms with Crippen LogP contribution in [0.5, 0.6) is 0 Å². The van der Waals surface area contributed by atoms with Gasteiger partial charge in [0.15, 0.2) is 5.96 Å². The van der Waals surface area contributed by atoms with Crippen molar-refractivity contribution < 1.29 is 0 Å². The van der Waals surface area contributed by atoms with Crippen molar-refractivity contribution in [2.24, 2.45) is 22.6 Å². The maximum Gasteiger partial charge on any atom is 0.191 e. The van der Waals surface area contributed by atoms with E-state index in [1.807, 2.05) is 0 Å². The molecule has 0 bridgehead atoms. The van der Waals surface area contributed by atoms with Crippen LogP contribution in [0.2, 0.25) is 0 Å². The number of aliphatic imine (C=N–C) groups is 1. The zero-order valence-electron chi connectivity index (χ0n) is 8.65. The highest BCUT2D eigenvalue weighted by atomic mass is 15.3. The Hall–Kier alpha value is -0.730. The molecule has 0 aromatic rings. The first-order chi connectivity index (χ1) is 6.83. The average molecular weight is 193 g/mol. The molecule has 0 radical (unpaired) electrons. The summed E-state index contributed by atoms with van der Waals surface area (Å²) >= 11 is 0. The molecule has 0 spiro atoms. The van der Waals surface area contributed by atoms with Gasteiger partial charge in [-0.15, -0.1) is 0 Å². The molecule has 2 unspecified atom stereocenters. The third kappa shape index (κ3) is 1.49. The van der Waals surface area contributed by atoms with Crippen molar-refractivity contribution in [1.82, 2.24) is 4.90 Å². The van der Waals surface area contributed by atoms with Crippen molar-refractivity contribution in [3.63, 3.8) is 0 Å². The smallest absolute Gasteiger partial charge is 0.191 e. The molecule has 14 heavy (non-hydrogen) atoms. The molecule has 3 heteroatoms. The van der Waals surface area contributed by atoms with E-state index in [9.17, 15) is 0 Å². The number of hydrogen-bond donors (Lipinski definition) is 1. The minimum atomic E-state index is 0.565. The SMILES string of the molecule is NC(=NC1CC1)N1CC2CCCC2C1. The van der Waals surface area contributed by atoms with Crippen LogP contribution in [0.1, 0.15) is 32.1 Å². The summed E-state index contributed by atoms with van der Waals surface area (Å²) in [6.07, 6.45) is 6.77. The average Bonchev–Trinajstić information content (AvgIpc) is 2.73. The van der Waals surface area contributed by atoms with Crippen molar-refractivity contribution in [3.8, 4) is 0 Å². The fourth-order valence-corrected chi connectivity index (χ4v) is 2.89. The van der Waals surface area contributed by atoms with Gasteiger partial charge in [-0.2, -0.15) is 0 Å². The Morgan fingerprint density at radius 1 is 1.07 bits per heavy atom. The number of guanidine groups is 1. The van der Waals surface area contributed by atoms with Crippen LogP contribution in [-0.4, -0.2) is 30.0 Å². The number of fused-ring (bicyclic) bond motifs is 1. The van der Waals surface area contributed by atoms with E-state index in [0.29, 0.717) is 6.04 Å². The third-order valence-corrected chi connectivity index (χ3v) is 3.91. The topological polar surface area (TPSA) is 41.6 Å². The van der Waals surface area contributed by atoms with Crippen molar-refractivity contribution >= 4 is 5.96 Å². The van der Waals surface area contributed by atoms with Gasteiger partial charge in [-0.1, -0.05) is 6.42 Å². The summed E-state index contributed by atoms with van der Waals surface area (Å²) in [5, 5.41) is 0. The van der Waals surface area contributed by atoms with Gasteiger partial charge in [-0.05, 0) is 37.5 Å². The lowest BCUT2D eigenvalue weighted by Crippen LogP contribution is -2.36. The maximum absolute atomic E-state index is 6.00. The van der Waals surface area contributed by atoms with E-state index in [1.54, 1.807) is 0 Å². The number of hydrogen-bond acceptors (Lipinski definition) is 1. The van der Waals surface area contributed by atoms with Gasteiger partial charge in [0.1, 0.15) is 0 Å². The quantitative estimate of drug-likeness (QED) is 0.502. The van der Waals surface area contributed by atoms with Gasteiger partial charge >= 0.3 is 0 Å². The predicted octanol–water partition coefficient (Wildman–Crippen LogP) is 1.20. The molecule has 3 rings (SSSR count). The van der Waals surface area contributed by atoms with E-state index in [-0.39, 0.29) is 0 Å². The Morgan fingerprint density at radius 2 is 1.71 bits per heavy atom. The molecule has 3 nitrogen and oxygen atoms in total. The number of rotatable bonds is 1. The first-order valence-corrected chi connectivity index (χ1v) is 5.91. The lowest BCUT2D eigenvalue weighted by atomic mass is 10.0. The summed E-state index contributed by atoms with van der Waals surface area (Å²) in [4.78, 5) is 6.83. The highest BCUT2D eigenvalue weighted by Crippen LogP contribution is 2.37. The molecular formula is C11H19N3. The van der Waals surface area contributed by atoms with E-state index in [4.69, 9.17) is 5.73 Å². The maximum atomic E-state index is 6.00. The van der Waals surface area contributed by atoms with E-state index >= 15 is 0 Å². The van der Waals surface area contributed by atoms with E-state index in [2.05, 4.69) is 9.89 Å². The van der Waals surface area contributed by atoms with Crippen LogP contribution in [0, 0.1) is 11.8 Å². The molecule has 0 aromatic carbocycles. The standard InChI is InChI=1S/C11H19N3/c12-11(13-10-4-5-10)14-6-8-2-1-3-9(8)7-14/h8-10H,1-7H2,(H2,12,13). The second-order valence-corrected chi connectivity index (χ2v) is 5.07. The predicted molar refractivity (Wildman–Crippen MR) is 57.0 cm³/mol. The Morgan fingerprint density at radius 3 is 2.29 bits per heavy atom. The molecule has 0 aromatic heterocycles. The third-order valence-electron chi connectivity index (χ3n) is 3.91. The van der Waals surface area contributed by atoms with E-state index < -0.39 is 0 Å². The van der Waals surface area contributed by atoms with Crippen LogP contribution in [0.25, 0.3) is 0 Å². The Kier molecular flexibility index (Phi) is 1.92. The van der Waals surface area contributed by atoms with Gasteiger partial charge < -0.3 is 10.6 Å². The molecule has 1 saturated heterocycles. The van der Waals surface area contributed by atoms with E-state index in [0.717, 1.165) is 17.8 Å². The summed E-state index contributed by atoms with van der Waals surface area (Å²) in [6, 6.07) is 0.565. The van der Waals surface area contributed by atoms with Crippen LogP contribution in [-0.2, 0) is 0 Å². The summed E-state index contributed by atoms with van der Waals surface area (Å²) in [6.45, 7) is 2.35. The fraction of sp³-hybridized carbons (Fsp3) is 0.909. The summed E-state index contributed by atoms with van der Waals surface area (Å²) in [7, 11) is 0. The van der Waals surface area contributed by atoms with Crippen LogP contribution in [0.3, 0.4) is 0 Å². The summed E-state index contributed by atoms with van der Waals surface area (Å²) < 4.78 is 0. The molecule has 2 aliphatic carbocycles. The first kappa shape index (κ1) is 8.57. The number of likely N-dealkylation sites (tertiary alicyclic amines) is 1. The Bertz CT molecular complexity index is 245. The van der Waals surface area contributed by atoms with Crippen molar-refractivity contribution in [1.29, 1.82) is 0 Å². The van der Waals surface area contributed by atoms with Gasteiger partial charge in [0.05, 0.1) is 6.04 Å².